The summed E-state index contributed by atoms with van der Waals surface area (Å²) < 4.78 is 24.7. The maximum absolute atomic E-state index is 12.2. The number of hydrogen-bond acceptors (Lipinski definition) is 9. The van der Waals surface area contributed by atoms with Crippen molar-refractivity contribution in [3.8, 4) is 0 Å². The lowest BCUT2D eigenvalue weighted by molar-refractivity contribution is -0.217. The average Bonchev–Trinajstić information content (AvgIpc) is 3.30. The standard InChI is InChI=1S/C21H29N3O6S/c1-7-21(9-25)16-14(27-20(5,6)29-16)13(28-21)11-8-31-15-12(11)22-10-23-17(15)24-18(26)30-19(2,3)4/h8,10,13-14,16,25H,7,9H2,1-6H3,(H,22,23,24,26)/t13-,14-,16-,21+/m0/s1. The zero-order valence-corrected chi connectivity index (χ0v) is 19.4. The number of nitrogens with one attached hydrogen (secondary N) is 1. The summed E-state index contributed by atoms with van der Waals surface area (Å²) in [6.07, 6.45) is 0.113. The van der Waals surface area contributed by atoms with Crippen LogP contribution < -0.4 is 5.32 Å². The van der Waals surface area contributed by atoms with E-state index in [2.05, 4.69) is 15.3 Å². The van der Waals surface area contributed by atoms with Gasteiger partial charge in [0.05, 0.1) is 16.8 Å². The van der Waals surface area contributed by atoms with Gasteiger partial charge in [0.25, 0.3) is 0 Å². The molecule has 2 aromatic rings. The molecule has 0 saturated carbocycles. The number of aromatic nitrogens is 2. The molecule has 1 amide bonds. The molecule has 2 N–H and O–H groups in total. The number of aliphatic hydroxyl groups is 1. The number of aliphatic hydroxyl groups excluding tert-OH is 1. The van der Waals surface area contributed by atoms with Crippen molar-refractivity contribution in [2.24, 2.45) is 0 Å². The number of amides is 1. The lowest BCUT2D eigenvalue weighted by atomic mass is 9.92. The van der Waals surface area contributed by atoms with E-state index in [0.29, 0.717) is 22.5 Å². The molecule has 2 aliphatic rings. The van der Waals surface area contributed by atoms with E-state index in [1.807, 2.05) is 26.2 Å². The second-order valence-electron chi connectivity index (χ2n) is 9.35. The number of ether oxygens (including phenoxy) is 4. The van der Waals surface area contributed by atoms with Crippen LogP contribution in [0.3, 0.4) is 0 Å². The second kappa shape index (κ2) is 7.63. The number of hydrogen-bond donors (Lipinski definition) is 2. The van der Waals surface area contributed by atoms with Gasteiger partial charge in [0.15, 0.2) is 11.6 Å². The highest BCUT2D eigenvalue weighted by Crippen LogP contribution is 2.52. The van der Waals surface area contributed by atoms with Crippen LogP contribution in [0, 0.1) is 0 Å². The van der Waals surface area contributed by atoms with E-state index in [9.17, 15) is 9.90 Å². The highest BCUT2D eigenvalue weighted by molar-refractivity contribution is 7.18. The van der Waals surface area contributed by atoms with Crippen molar-refractivity contribution in [2.45, 2.75) is 83.3 Å². The molecular weight excluding hydrogens is 422 g/mol. The van der Waals surface area contributed by atoms with Crippen LogP contribution in [0.4, 0.5) is 10.6 Å². The minimum absolute atomic E-state index is 0.177. The monoisotopic (exact) mass is 451 g/mol. The van der Waals surface area contributed by atoms with E-state index in [1.165, 1.54) is 17.7 Å². The second-order valence-corrected chi connectivity index (χ2v) is 10.2. The Hall–Kier alpha value is -1.85. The van der Waals surface area contributed by atoms with Crippen LogP contribution in [0.15, 0.2) is 11.7 Å². The van der Waals surface area contributed by atoms with Crippen molar-refractivity contribution in [1.29, 1.82) is 0 Å². The van der Waals surface area contributed by atoms with Gasteiger partial charge in [-0.15, -0.1) is 11.3 Å². The molecule has 0 unspecified atom stereocenters. The predicted octanol–water partition coefficient (Wildman–Crippen LogP) is 3.77. The summed E-state index contributed by atoms with van der Waals surface area (Å²) in [4.78, 5) is 20.9. The van der Waals surface area contributed by atoms with Crippen LogP contribution in [-0.2, 0) is 18.9 Å². The van der Waals surface area contributed by atoms with Gasteiger partial charge in [-0.2, -0.15) is 0 Å². The van der Waals surface area contributed by atoms with Crippen molar-refractivity contribution in [1.82, 2.24) is 9.97 Å². The molecule has 31 heavy (non-hydrogen) atoms. The molecule has 0 aliphatic carbocycles. The first-order chi connectivity index (χ1) is 14.5. The van der Waals surface area contributed by atoms with Crippen molar-refractivity contribution in [3.63, 3.8) is 0 Å². The van der Waals surface area contributed by atoms with E-state index in [-0.39, 0.29) is 6.61 Å². The molecule has 0 aromatic carbocycles. The Morgan fingerprint density at radius 2 is 2.03 bits per heavy atom. The highest BCUT2D eigenvalue weighted by Gasteiger charge is 2.62. The minimum Gasteiger partial charge on any atom is -0.444 e. The molecule has 9 nitrogen and oxygen atoms in total. The summed E-state index contributed by atoms with van der Waals surface area (Å²) >= 11 is 1.40. The van der Waals surface area contributed by atoms with Crippen LogP contribution in [0.25, 0.3) is 10.2 Å². The Morgan fingerprint density at radius 3 is 2.68 bits per heavy atom. The quantitative estimate of drug-likeness (QED) is 0.722. The molecule has 4 heterocycles. The van der Waals surface area contributed by atoms with Gasteiger partial charge in [0, 0.05) is 5.56 Å². The number of anilines is 1. The molecule has 4 atom stereocenters. The maximum atomic E-state index is 12.2. The Bertz CT molecular complexity index is 981. The van der Waals surface area contributed by atoms with Gasteiger partial charge in [-0.3, -0.25) is 5.32 Å². The summed E-state index contributed by atoms with van der Waals surface area (Å²) in [5.41, 5.74) is -0.00554. The molecule has 2 aliphatic heterocycles. The van der Waals surface area contributed by atoms with Gasteiger partial charge in [-0.1, -0.05) is 6.92 Å². The third-order valence-corrected chi connectivity index (χ3v) is 6.47. The van der Waals surface area contributed by atoms with Crippen LogP contribution in [-0.4, -0.2) is 57.0 Å². The molecule has 170 valence electrons. The van der Waals surface area contributed by atoms with Crippen molar-refractivity contribution >= 4 is 33.5 Å². The Balaban J connectivity index is 1.68. The maximum Gasteiger partial charge on any atom is 0.413 e. The lowest BCUT2D eigenvalue weighted by Crippen LogP contribution is -2.45. The smallest absolute Gasteiger partial charge is 0.413 e. The molecule has 4 rings (SSSR count). The van der Waals surface area contributed by atoms with Gasteiger partial charge < -0.3 is 24.1 Å². The molecule has 2 saturated heterocycles. The third kappa shape index (κ3) is 4.03. The van der Waals surface area contributed by atoms with E-state index in [4.69, 9.17) is 18.9 Å². The van der Waals surface area contributed by atoms with E-state index >= 15 is 0 Å². The normalized spacial score (nSPS) is 29.8. The number of nitrogens with zero attached hydrogens (tertiary/aromatic N) is 2. The summed E-state index contributed by atoms with van der Waals surface area (Å²) in [7, 11) is 0. The number of carbonyl (C=O) groups excluding carboxylic acids is 1. The number of fused-ring (bicyclic) bond motifs is 2. The van der Waals surface area contributed by atoms with Crippen LogP contribution >= 0.6 is 11.3 Å². The molecule has 0 spiro atoms. The van der Waals surface area contributed by atoms with E-state index in [0.717, 1.165) is 5.56 Å². The molecule has 2 aromatic heterocycles. The predicted molar refractivity (Wildman–Crippen MR) is 115 cm³/mol. The topological polar surface area (TPSA) is 112 Å². The van der Waals surface area contributed by atoms with Crippen molar-refractivity contribution in [3.05, 3.63) is 17.3 Å². The molecule has 2 fully saturated rings. The summed E-state index contributed by atoms with van der Waals surface area (Å²) in [6, 6.07) is 0. The zero-order chi connectivity index (χ0) is 22.6. The number of carbonyl (C=O) groups is 1. The fourth-order valence-electron chi connectivity index (χ4n) is 4.13. The summed E-state index contributed by atoms with van der Waals surface area (Å²) in [5, 5.41) is 14.8. The fourth-order valence-corrected chi connectivity index (χ4v) is 5.12. The van der Waals surface area contributed by atoms with Gasteiger partial charge in [-0.05, 0) is 46.4 Å². The first-order valence-corrected chi connectivity index (χ1v) is 11.2. The Labute approximate surface area is 185 Å². The van der Waals surface area contributed by atoms with Gasteiger partial charge in [0.2, 0.25) is 0 Å². The number of rotatable bonds is 4. The molecule has 10 heteroatoms. The molecule has 0 radical (unpaired) electrons. The first kappa shape index (κ1) is 22.3. The lowest BCUT2D eigenvalue weighted by Gasteiger charge is -2.32. The van der Waals surface area contributed by atoms with Crippen LogP contribution in [0.1, 0.15) is 59.6 Å². The summed E-state index contributed by atoms with van der Waals surface area (Å²) in [5.74, 6) is -0.408. The van der Waals surface area contributed by atoms with Gasteiger partial charge >= 0.3 is 6.09 Å². The highest BCUT2D eigenvalue weighted by atomic mass is 32.1. The van der Waals surface area contributed by atoms with Crippen molar-refractivity contribution in [2.75, 3.05) is 11.9 Å². The SMILES string of the molecule is CC[C@]1(CO)O[C@@H](c2csc3c(NC(=O)OC(C)(C)C)ncnc23)[C@@H]2OC(C)(C)O[C@@H]21. The molecule has 0 bridgehead atoms. The third-order valence-electron chi connectivity index (χ3n) is 5.48. The van der Waals surface area contributed by atoms with Gasteiger partial charge in [0.1, 0.15) is 35.8 Å². The zero-order valence-electron chi connectivity index (χ0n) is 18.6. The van der Waals surface area contributed by atoms with Crippen LogP contribution in [0.2, 0.25) is 0 Å². The minimum atomic E-state index is -0.859. The van der Waals surface area contributed by atoms with Crippen molar-refractivity contribution < 1.29 is 28.8 Å². The number of thiophene rings is 1. The molecular formula is C21H29N3O6S. The van der Waals surface area contributed by atoms with Gasteiger partial charge in [-0.25, -0.2) is 14.8 Å². The summed E-state index contributed by atoms with van der Waals surface area (Å²) in [6.45, 7) is 10.9. The largest absolute Gasteiger partial charge is 0.444 e. The fraction of sp³-hybridized carbons (Fsp3) is 0.667. The average molecular weight is 452 g/mol. The Kier molecular flexibility index (Phi) is 5.50. The first-order valence-electron chi connectivity index (χ1n) is 10.3. The van der Waals surface area contributed by atoms with Crippen LogP contribution in [0.5, 0.6) is 0 Å². The van der Waals surface area contributed by atoms with E-state index < -0.39 is 41.4 Å². The van der Waals surface area contributed by atoms with E-state index in [1.54, 1.807) is 20.8 Å². The Morgan fingerprint density at radius 1 is 1.29 bits per heavy atom.